The molecular weight excluding hydrogens is 220 g/mol. The fourth-order valence-corrected chi connectivity index (χ4v) is 3.23. The zero-order valence-electron chi connectivity index (χ0n) is 11.2. The maximum absolute atomic E-state index is 3.59. The molecule has 1 aliphatic heterocycles. The normalized spacial score (nSPS) is 22.3. The molecule has 3 rings (SSSR count). The van der Waals surface area contributed by atoms with E-state index in [0.717, 1.165) is 19.0 Å². The van der Waals surface area contributed by atoms with Gasteiger partial charge in [0.25, 0.3) is 0 Å². The van der Waals surface area contributed by atoms with Crippen LogP contribution in [-0.2, 0) is 19.4 Å². The van der Waals surface area contributed by atoms with Crippen molar-refractivity contribution in [3.8, 4) is 0 Å². The molecule has 2 nitrogen and oxygen atoms in total. The van der Waals surface area contributed by atoms with E-state index in [4.69, 9.17) is 0 Å². The average molecular weight is 244 g/mol. The third-order valence-corrected chi connectivity index (χ3v) is 4.38. The predicted octanol–water partition coefficient (Wildman–Crippen LogP) is 2.26. The predicted molar refractivity (Wildman–Crippen MR) is 75.8 cm³/mol. The summed E-state index contributed by atoms with van der Waals surface area (Å²) in [4.78, 5) is 0. The van der Waals surface area contributed by atoms with E-state index in [9.17, 15) is 0 Å². The topological polar surface area (TPSA) is 24.1 Å². The maximum atomic E-state index is 3.59. The van der Waals surface area contributed by atoms with Crippen molar-refractivity contribution < 1.29 is 0 Å². The second-order valence-electron chi connectivity index (χ2n) is 5.78. The van der Waals surface area contributed by atoms with Gasteiger partial charge in [0.2, 0.25) is 0 Å². The Kier molecular flexibility index (Phi) is 3.96. The molecule has 1 saturated heterocycles. The molecule has 0 bridgehead atoms. The molecule has 1 heterocycles. The molecule has 1 aromatic rings. The Labute approximate surface area is 110 Å². The van der Waals surface area contributed by atoms with Crippen molar-refractivity contribution >= 4 is 0 Å². The molecular formula is C16H24N2. The van der Waals surface area contributed by atoms with E-state index in [2.05, 4.69) is 28.8 Å². The lowest BCUT2D eigenvalue weighted by Crippen LogP contribution is -2.19. The molecule has 1 aliphatic carbocycles. The lowest BCUT2D eigenvalue weighted by atomic mass is 10.0. The van der Waals surface area contributed by atoms with E-state index < -0.39 is 0 Å². The fraction of sp³-hybridized carbons (Fsp3) is 0.625. The van der Waals surface area contributed by atoms with Crippen LogP contribution >= 0.6 is 0 Å². The molecule has 1 aromatic carbocycles. The summed E-state index contributed by atoms with van der Waals surface area (Å²) < 4.78 is 0. The first-order valence-electron chi connectivity index (χ1n) is 7.44. The van der Waals surface area contributed by atoms with Crippen molar-refractivity contribution in [2.75, 3.05) is 19.6 Å². The number of nitrogens with one attached hydrogen (secondary N) is 2. The Morgan fingerprint density at radius 3 is 3.06 bits per heavy atom. The highest BCUT2D eigenvalue weighted by molar-refractivity contribution is 5.35. The largest absolute Gasteiger partial charge is 0.316 e. The van der Waals surface area contributed by atoms with Crippen LogP contribution in [0.2, 0.25) is 0 Å². The molecule has 1 unspecified atom stereocenters. The molecule has 0 radical (unpaired) electrons. The van der Waals surface area contributed by atoms with E-state index in [0.29, 0.717) is 0 Å². The summed E-state index contributed by atoms with van der Waals surface area (Å²) in [5.41, 5.74) is 4.63. The maximum Gasteiger partial charge on any atom is 0.0205 e. The van der Waals surface area contributed by atoms with Gasteiger partial charge in [-0.3, -0.25) is 0 Å². The van der Waals surface area contributed by atoms with Gasteiger partial charge in [-0.2, -0.15) is 0 Å². The second-order valence-corrected chi connectivity index (χ2v) is 5.78. The van der Waals surface area contributed by atoms with Crippen molar-refractivity contribution in [1.82, 2.24) is 10.6 Å². The molecule has 0 saturated carbocycles. The van der Waals surface area contributed by atoms with Gasteiger partial charge in [0, 0.05) is 6.54 Å². The summed E-state index contributed by atoms with van der Waals surface area (Å²) in [6, 6.07) is 7.04. The highest BCUT2D eigenvalue weighted by Crippen LogP contribution is 2.22. The minimum Gasteiger partial charge on any atom is -0.316 e. The van der Waals surface area contributed by atoms with E-state index in [1.807, 2.05) is 0 Å². The van der Waals surface area contributed by atoms with Crippen molar-refractivity contribution in [1.29, 1.82) is 0 Å². The SMILES string of the molecule is c1cc2c(cc1CNCCC1CCNC1)CCC2. The van der Waals surface area contributed by atoms with Crippen LogP contribution in [-0.4, -0.2) is 19.6 Å². The summed E-state index contributed by atoms with van der Waals surface area (Å²) in [6.07, 6.45) is 6.61. The van der Waals surface area contributed by atoms with Crippen LogP contribution in [0.4, 0.5) is 0 Å². The highest BCUT2D eigenvalue weighted by atomic mass is 14.9. The second kappa shape index (κ2) is 5.85. The highest BCUT2D eigenvalue weighted by Gasteiger charge is 2.13. The molecule has 2 heteroatoms. The van der Waals surface area contributed by atoms with Gasteiger partial charge in [0.15, 0.2) is 0 Å². The molecule has 1 atom stereocenters. The number of hydrogen-bond acceptors (Lipinski definition) is 2. The summed E-state index contributed by atoms with van der Waals surface area (Å²) >= 11 is 0. The zero-order chi connectivity index (χ0) is 12.2. The smallest absolute Gasteiger partial charge is 0.0205 e. The van der Waals surface area contributed by atoms with Crippen LogP contribution in [0.5, 0.6) is 0 Å². The Morgan fingerprint density at radius 2 is 2.17 bits per heavy atom. The van der Waals surface area contributed by atoms with Gasteiger partial charge in [-0.05, 0) is 74.3 Å². The van der Waals surface area contributed by atoms with Gasteiger partial charge in [0.1, 0.15) is 0 Å². The Bertz CT molecular complexity index is 394. The fourth-order valence-electron chi connectivity index (χ4n) is 3.23. The first-order valence-corrected chi connectivity index (χ1v) is 7.44. The van der Waals surface area contributed by atoms with Gasteiger partial charge >= 0.3 is 0 Å². The third kappa shape index (κ3) is 2.93. The molecule has 0 amide bonds. The first kappa shape index (κ1) is 12.2. The molecule has 0 spiro atoms. The standard InChI is InChI=1S/C16H24N2/c1-2-15-5-4-14(10-16(15)3-1)12-18-9-7-13-6-8-17-11-13/h4-5,10,13,17-18H,1-3,6-9,11-12H2. The van der Waals surface area contributed by atoms with Gasteiger partial charge in [-0.15, -0.1) is 0 Å². The summed E-state index contributed by atoms with van der Waals surface area (Å²) in [7, 11) is 0. The first-order chi connectivity index (χ1) is 8.92. The van der Waals surface area contributed by atoms with Gasteiger partial charge in [-0.1, -0.05) is 18.2 Å². The lowest BCUT2D eigenvalue weighted by molar-refractivity contribution is 0.500. The van der Waals surface area contributed by atoms with Gasteiger partial charge in [0.05, 0.1) is 0 Å². The number of fused-ring (bicyclic) bond motifs is 1. The third-order valence-electron chi connectivity index (χ3n) is 4.38. The minimum atomic E-state index is 0.900. The quantitative estimate of drug-likeness (QED) is 0.776. The Balaban J connectivity index is 1.42. The van der Waals surface area contributed by atoms with E-state index >= 15 is 0 Å². The molecule has 1 fully saturated rings. The molecule has 2 aliphatic rings. The Hall–Kier alpha value is -0.860. The van der Waals surface area contributed by atoms with Gasteiger partial charge < -0.3 is 10.6 Å². The average Bonchev–Trinajstić information content (AvgIpc) is 3.05. The number of aryl methyl sites for hydroxylation is 2. The van der Waals surface area contributed by atoms with Crippen molar-refractivity contribution in [2.45, 2.75) is 38.6 Å². The minimum absolute atomic E-state index is 0.900. The van der Waals surface area contributed by atoms with Gasteiger partial charge in [-0.25, -0.2) is 0 Å². The Morgan fingerprint density at radius 1 is 1.22 bits per heavy atom. The van der Waals surface area contributed by atoms with E-state index in [1.54, 1.807) is 11.1 Å². The molecule has 18 heavy (non-hydrogen) atoms. The molecule has 2 N–H and O–H groups in total. The van der Waals surface area contributed by atoms with Crippen molar-refractivity contribution in [2.24, 2.45) is 5.92 Å². The summed E-state index contributed by atoms with van der Waals surface area (Å²) in [5, 5.41) is 7.02. The van der Waals surface area contributed by atoms with Crippen LogP contribution < -0.4 is 10.6 Å². The van der Waals surface area contributed by atoms with Crippen molar-refractivity contribution in [3.05, 3.63) is 34.9 Å². The summed E-state index contributed by atoms with van der Waals surface area (Å²) in [6.45, 7) is 4.63. The number of hydrogen-bond donors (Lipinski definition) is 2. The number of rotatable bonds is 5. The van der Waals surface area contributed by atoms with E-state index in [1.165, 1.54) is 50.8 Å². The van der Waals surface area contributed by atoms with Crippen LogP contribution in [0.25, 0.3) is 0 Å². The van der Waals surface area contributed by atoms with Crippen molar-refractivity contribution in [3.63, 3.8) is 0 Å². The zero-order valence-corrected chi connectivity index (χ0v) is 11.2. The van der Waals surface area contributed by atoms with Crippen LogP contribution in [0.15, 0.2) is 18.2 Å². The summed E-state index contributed by atoms with van der Waals surface area (Å²) in [5.74, 6) is 0.900. The molecule has 0 aromatic heterocycles. The lowest BCUT2D eigenvalue weighted by Gasteiger charge is -2.10. The van der Waals surface area contributed by atoms with Crippen LogP contribution in [0.1, 0.15) is 36.0 Å². The van der Waals surface area contributed by atoms with Crippen LogP contribution in [0, 0.1) is 5.92 Å². The van der Waals surface area contributed by atoms with E-state index in [-0.39, 0.29) is 0 Å². The molecule has 98 valence electrons. The van der Waals surface area contributed by atoms with Crippen LogP contribution in [0.3, 0.4) is 0 Å². The monoisotopic (exact) mass is 244 g/mol. The number of benzene rings is 1.